The number of carbonyl (C=O) groups excluding carboxylic acids is 1. The zero-order valence-corrected chi connectivity index (χ0v) is 18.6. The van der Waals surface area contributed by atoms with Crippen LogP contribution in [0.5, 0.6) is 11.5 Å². The number of hydrogen-bond acceptors (Lipinski definition) is 5. The van der Waals surface area contributed by atoms with Gasteiger partial charge >= 0.3 is 0 Å². The largest absolute Gasteiger partial charge is 0.490 e. The quantitative estimate of drug-likeness (QED) is 0.289. The second-order valence-electron chi connectivity index (χ2n) is 5.70. The van der Waals surface area contributed by atoms with Gasteiger partial charge in [0, 0.05) is 12.2 Å². The topological polar surface area (TPSA) is 84.0 Å². The number of anilines is 1. The molecule has 9 heteroatoms. The number of amides is 1. The summed E-state index contributed by atoms with van der Waals surface area (Å²) in [6.45, 7) is 4.83. The Morgan fingerprint density at radius 3 is 2.66 bits per heavy atom. The summed E-state index contributed by atoms with van der Waals surface area (Å²) >= 11 is 8.53. The molecule has 0 unspecified atom stereocenters. The number of carbonyl (C=O) groups is 1. The summed E-state index contributed by atoms with van der Waals surface area (Å²) in [6.07, 6.45) is 1.61. The molecule has 154 valence electrons. The number of nitrogens with one attached hydrogen (secondary N) is 3. The third kappa shape index (κ3) is 7.71. The van der Waals surface area contributed by atoms with Crippen molar-refractivity contribution < 1.29 is 14.3 Å². The lowest BCUT2D eigenvalue weighted by molar-refractivity contribution is -0.118. The van der Waals surface area contributed by atoms with Gasteiger partial charge < -0.3 is 20.1 Å². The predicted molar refractivity (Wildman–Crippen MR) is 123 cm³/mol. The Labute approximate surface area is 184 Å². The molecule has 0 fully saturated rings. The lowest BCUT2D eigenvalue weighted by Crippen LogP contribution is -2.31. The smallest absolute Gasteiger partial charge is 0.262 e. The van der Waals surface area contributed by atoms with Crippen molar-refractivity contribution in [2.45, 2.75) is 13.8 Å². The molecule has 0 aromatic heterocycles. The van der Waals surface area contributed by atoms with Gasteiger partial charge in [-0.2, -0.15) is 5.10 Å². The van der Waals surface area contributed by atoms with Crippen LogP contribution in [-0.4, -0.2) is 37.0 Å². The van der Waals surface area contributed by atoms with E-state index >= 15 is 0 Å². The maximum absolute atomic E-state index is 12.2. The van der Waals surface area contributed by atoms with E-state index in [0.717, 1.165) is 5.56 Å². The molecular formula is C20H23BrN4O3S. The lowest BCUT2D eigenvalue weighted by atomic mass is 10.2. The molecule has 0 saturated heterocycles. The zero-order chi connectivity index (χ0) is 21.1. The molecule has 0 aliphatic heterocycles. The fourth-order valence-corrected chi connectivity index (χ4v) is 3.06. The monoisotopic (exact) mass is 478 g/mol. The highest BCUT2D eigenvalue weighted by Crippen LogP contribution is 2.36. The number of nitrogens with zero attached hydrogens (tertiary/aromatic N) is 1. The minimum absolute atomic E-state index is 0.153. The summed E-state index contributed by atoms with van der Waals surface area (Å²) < 4.78 is 12.0. The first kappa shape index (κ1) is 22.6. The Bertz CT molecular complexity index is 862. The van der Waals surface area contributed by atoms with E-state index in [0.29, 0.717) is 39.9 Å². The number of halogens is 1. The van der Waals surface area contributed by atoms with Crippen molar-refractivity contribution in [3.63, 3.8) is 0 Å². The molecule has 7 nitrogen and oxygen atoms in total. The van der Waals surface area contributed by atoms with E-state index in [1.807, 2.05) is 50.2 Å². The van der Waals surface area contributed by atoms with Crippen LogP contribution >= 0.6 is 28.1 Å². The number of hydrazone groups is 1. The van der Waals surface area contributed by atoms with Crippen molar-refractivity contribution in [2.24, 2.45) is 5.10 Å². The van der Waals surface area contributed by atoms with Crippen LogP contribution in [0.1, 0.15) is 19.4 Å². The van der Waals surface area contributed by atoms with Gasteiger partial charge in [0.1, 0.15) is 0 Å². The van der Waals surface area contributed by atoms with Crippen LogP contribution in [-0.2, 0) is 4.79 Å². The van der Waals surface area contributed by atoms with E-state index in [4.69, 9.17) is 21.7 Å². The Morgan fingerprint density at radius 1 is 1.21 bits per heavy atom. The van der Waals surface area contributed by atoms with Crippen molar-refractivity contribution in [2.75, 3.05) is 25.1 Å². The maximum atomic E-state index is 12.2. The van der Waals surface area contributed by atoms with Crippen LogP contribution in [0.2, 0.25) is 0 Å². The van der Waals surface area contributed by atoms with Crippen LogP contribution in [0.15, 0.2) is 52.0 Å². The first-order valence-corrected chi connectivity index (χ1v) is 10.2. The summed E-state index contributed by atoms with van der Waals surface area (Å²) in [4.78, 5) is 12.2. The highest BCUT2D eigenvalue weighted by molar-refractivity contribution is 9.10. The molecule has 0 saturated carbocycles. The van der Waals surface area contributed by atoms with Crippen molar-refractivity contribution in [1.82, 2.24) is 10.7 Å². The minimum Gasteiger partial charge on any atom is -0.490 e. The maximum Gasteiger partial charge on any atom is 0.262 e. The molecule has 0 bridgehead atoms. The van der Waals surface area contributed by atoms with Gasteiger partial charge in [-0.1, -0.05) is 18.2 Å². The molecule has 0 spiro atoms. The summed E-state index contributed by atoms with van der Waals surface area (Å²) in [6, 6.07) is 12.8. The zero-order valence-electron chi connectivity index (χ0n) is 16.2. The Hall–Kier alpha value is -2.65. The van der Waals surface area contributed by atoms with Crippen LogP contribution in [0, 0.1) is 0 Å². The normalized spacial score (nSPS) is 10.4. The van der Waals surface area contributed by atoms with Crippen molar-refractivity contribution in [1.29, 1.82) is 0 Å². The van der Waals surface area contributed by atoms with Crippen molar-refractivity contribution in [3.05, 3.63) is 52.5 Å². The molecule has 2 aromatic carbocycles. The molecule has 0 atom stereocenters. The van der Waals surface area contributed by atoms with Gasteiger partial charge in [0.25, 0.3) is 5.91 Å². The molecular weight excluding hydrogens is 456 g/mol. The molecule has 0 aliphatic rings. The number of benzene rings is 2. The average molecular weight is 479 g/mol. The molecule has 0 heterocycles. The first-order valence-electron chi connectivity index (χ1n) is 9.04. The van der Waals surface area contributed by atoms with E-state index in [1.165, 1.54) is 0 Å². The number of thiocarbonyl (C=S) groups is 1. The SMILES string of the molecule is CCNC(=S)NN=Cc1cc(Br)c(OCC(=O)Nc2ccccc2)c(OCC)c1. The number of rotatable bonds is 9. The number of hydrogen-bond donors (Lipinski definition) is 3. The summed E-state index contributed by atoms with van der Waals surface area (Å²) in [5.41, 5.74) is 4.21. The fraction of sp³-hybridized carbons (Fsp3) is 0.250. The highest BCUT2D eigenvalue weighted by atomic mass is 79.9. The number of para-hydroxylation sites is 1. The molecule has 0 radical (unpaired) electrons. The van der Waals surface area contributed by atoms with Gasteiger partial charge in [0.15, 0.2) is 23.2 Å². The minimum atomic E-state index is -0.266. The van der Waals surface area contributed by atoms with Gasteiger partial charge in [-0.15, -0.1) is 0 Å². The molecule has 2 aromatic rings. The molecule has 0 aliphatic carbocycles. The summed E-state index contributed by atoms with van der Waals surface area (Å²) in [5.74, 6) is 0.686. The second-order valence-corrected chi connectivity index (χ2v) is 6.96. The van der Waals surface area contributed by atoms with Gasteiger partial charge in [0.2, 0.25) is 0 Å². The predicted octanol–water partition coefficient (Wildman–Crippen LogP) is 3.68. The van der Waals surface area contributed by atoms with Crippen molar-refractivity contribution >= 4 is 51.1 Å². The van der Waals surface area contributed by atoms with Gasteiger partial charge in [-0.05, 0) is 71.8 Å². The van der Waals surface area contributed by atoms with Crippen LogP contribution < -0.4 is 25.5 Å². The summed E-state index contributed by atoms with van der Waals surface area (Å²) in [7, 11) is 0. The molecule has 1 amide bonds. The fourth-order valence-electron chi connectivity index (χ4n) is 2.29. The Morgan fingerprint density at radius 2 is 1.97 bits per heavy atom. The number of ether oxygens (including phenoxy) is 2. The third-order valence-corrected chi connectivity index (χ3v) is 4.28. The first-order chi connectivity index (χ1) is 14.0. The molecule has 3 N–H and O–H groups in total. The molecule has 2 rings (SSSR count). The highest BCUT2D eigenvalue weighted by Gasteiger charge is 2.14. The van der Waals surface area contributed by atoms with E-state index in [1.54, 1.807) is 12.3 Å². The van der Waals surface area contributed by atoms with E-state index in [-0.39, 0.29) is 12.5 Å². The average Bonchev–Trinajstić information content (AvgIpc) is 2.68. The standard InChI is InChI=1S/C20H23BrN4O3S/c1-3-22-20(29)25-23-12-14-10-16(21)19(17(11-14)27-4-2)28-13-18(26)24-15-8-6-5-7-9-15/h5-12H,3-4,13H2,1-2H3,(H,24,26)(H2,22,25,29). The lowest BCUT2D eigenvalue weighted by Gasteiger charge is -2.14. The van der Waals surface area contributed by atoms with Gasteiger partial charge in [-0.3, -0.25) is 10.2 Å². The Kier molecular flexibility index (Phi) is 9.39. The van der Waals surface area contributed by atoms with Crippen LogP contribution in [0.3, 0.4) is 0 Å². The van der Waals surface area contributed by atoms with E-state index in [9.17, 15) is 4.79 Å². The second kappa shape index (κ2) is 12.0. The van der Waals surface area contributed by atoms with Crippen LogP contribution in [0.4, 0.5) is 5.69 Å². The van der Waals surface area contributed by atoms with Crippen molar-refractivity contribution in [3.8, 4) is 11.5 Å². The van der Waals surface area contributed by atoms with E-state index < -0.39 is 0 Å². The third-order valence-electron chi connectivity index (χ3n) is 3.45. The van der Waals surface area contributed by atoms with Gasteiger partial charge in [-0.25, -0.2) is 0 Å². The van der Waals surface area contributed by atoms with Gasteiger partial charge in [0.05, 0.1) is 17.3 Å². The molecule has 29 heavy (non-hydrogen) atoms. The summed E-state index contributed by atoms with van der Waals surface area (Å²) in [5, 5.41) is 10.3. The van der Waals surface area contributed by atoms with E-state index in [2.05, 4.69) is 37.1 Å². The van der Waals surface area contributed by atoms with Crippen LogP contribution in [0.25, 0.3) is 0 Å². The Balaban J connectivity index is 2.05.